The maximum atomic E-state index is 12.3. The summed E-state index contributed by atoms with van der Waals surface area (Å²) in [5.41, 5.74) is 0.805. The highest BCUT2D eigenvalue weighted by Crippen LogP contribution is 2.20. The van der Waals surface area contributed by atoms with Gasteiger partial charge in [-0.2, -0.15) is 0 Å². The molecule has 3 nitrogen and oxygen atoms in total. The van der Waals surface area contributed by atoms with Crippen LogP contribution in [0.4, 0.5) is 0 Å². The van der Waals surface area contributed by atoms with Gasteiger partial charge in [0.15, 0.2) is 5.78 Å². The lowest BCUT2D eigenvalue weighted by molar-refractivity contribution is 0.0722. The lowest BCUT2D eigenvalue weighted by Crippen LogP contribution is -2.40. The van der Waals surface area contributed by atoms with E-state index in [0.717, 1.165) is 25.1 Å². The summed E-state index contributed by atoms with van der Waals surface area (Å²) in [5.74, 6) is 0.235. The van der Waals surface area contributed by atoms with Gasteiger partial charge in [0.25, 0.3) is 0 Å². The molecule has 1 aromatic rings. The number of hydrogen-bond donors (Lipinski definition) is 0. The van der Waals surface area contributed by atoms with E-state index >= 15 is 0 Å². The minimum absolute atomic E-state index is 0.0141. The largest absolute Gasteiger partial charge is 0.377 e. The molecule has 1 aliphatic heterocycles. The smallest absolute Gasteiger partial charge is 0.166 e. The summed E-state index contributed by atoms with van der Waals surface area (Å²) in [4.78, 5) is 14.6. The number of nitrogens with zero attached hydrogens (tertiary/aromatic N) is 1. The third-order valence-electron chi connectivity index (χ3n) is 3.97. The maximum absolute atomic E-state index is 12.3. The van der Waals surface area contributed by atoms with Crippen LogP contribution >= 0.6 is 0 Å². The second kappa shape index (κ2) is 6.31. The van der Waals surface area contributed by atoms with E-state index in [4.69, 9.17) is 4.74 Å². The molecular formula is C16H23NO2. The van der Waals surface area contributed by atoms with Gasteiger partial charge >= 0.3 is 0 Å². The number of Topliss-reactive ketones (excluding diaryl/α,β-unsaturated/α-hetero) is 1. The van der Waals surface area contributed by atoms with E-state index in [9.17, 15) is 4.79 Å². The first-order chi connectivity index (χ1) is 9.09. The summed E-state index contributed by atoms with van der Waals surface area (Å²) in [6.07, 6.45) is 1.33. The van der Waals surface area contributed by atoms with Crippen molar-refractivity contribution in [2.75, 3.05) is 20.2 Å². The van der Waals surface area contributed by atoms with Crippen molar-refractivity contribution >= 4 is 5.78 Å². The molecule has 0 aliphatic carbocycles. The molecule has 104 valence electrons. The van der Waals surface area contributed by atoms with Crippen molar-refractivity contribution < 1.29 is 9.53 Å². The molecule has 19 heavy (non-hydrogen) atoms. The van der Waals surface area contributed by atoms with Gasteiger partial charge in [-0.25, -0.2) is 0 Å². The summed E-state index contributed by atoms with van der Waals surface area (Å²) in [6, 6.07) is 9.98. The molecule has 3 unspecified atom stereocenters. The lowest BCUT2D eigenvalue weighted by Gasteiger charge is -2.28. The van der Waals surface area contributed by atoms with Crippen molar-refractivity contribution in [3.05, 3.63) is 35.9 Å². The molecule has 1 heterocycles. The van der Waals surface area contributed by atoms with Gasteiger partial charge in [-0.15, -0.1) is 0 Å². The second-order valence-electron chi connectivity index (χ2n) is 5.50. The topological polar surface area (TPSA) is 29.5 Å². The SMILES string of the molecule is CC(CN(C)C1CCOC1C)C(=O)c1ccccc1. The first-order valence-corrected chi connectivity index (χ1v) is 7.00. The Labute approximate surface area is 115 Å². The number of rotatable bonds is 5. The quantitative estimate of drug-likeness (QED) is 0.763. The van der Waals surface area contributed by atoms with Crippen LogP contribution in [0.1, 0.15) is 30.6 Å². The molecular weight excluding hydrogens is 238 g/mol. The zero-order valence-electron chi connectivity index (χ0n) is 12.0. The Morgan fingerprint density at radius 1 is 1.42 bits per heavy atom. The highest BCUT2D eigenvalue weighted by molar-refractivity contribution is 5.97. The van der Waals surface area contributed by atoms with Crippen LogP contribution in [0.15, 0.2) is 30.3 Å². The molecule has 0 spiro atoms. The Bertz CT molecular complexity index is 418. The third kappa shape index (κ3) is 3.43. The van der Waals surface area contributed by atoms with Crippen molar-refractivity contribution in [1.82, 2.24) is 4.90 Å². The summed E-state index contributed by atoms with van der Waals surface area (Å²) >= 11 is 0. The molecule has 2 rings (SSSR count). The lowest BCUT2D eigenvalue weighted by atomic mass is 9.98. The van der Waals surface area contributed by atoms with E-state index in [1.807, 2.05) is 37.3 Å². The summed E-state index contributed by atoms with van der Waals surface area (Å²) in [5, 5.41) is 0. The monoisotopic (exact) mass is 261 g/mol. The fourth-order valence-corrected chi connectivity index (χ4v) is 2.84. The van der Waals surface area contributed by atoms with Gasteiger partial charge in [0.2, 0.25) is 0 Å². The number of hydrogen-bond acceptors (Lipinski definition) is 3. The molecule has 0 aromatic heterocycles. The van der Waals surface area contributed by atoms with Crippen LogP contribution in [0, 0.1) is 5.92 Å². The van der Waals surface area contributed by atoms with Gasteiger partial charge in [0.1, 0.15) is 0 Å². The van der Waals surface area contributed by atoms with E-state index in [1.165, 1.54) is 0 Å². The van der Waals surface area contributed by atoms with Gasteiger partial charge < -0.3 is 9.64 Å². The van der Waals surface area contributed by atoms with E-state index in [-0.39, 0.29) is 17.8 Å². The summed E-state index contributed by atoms with van der Waals surface area (Å²) in [6.45, 7) is 5.73. The molecule has 3 atom stereocenters. The summed E-state index contributed by atoms with van der Waals surface area (Å²) < 4.78 is 5.59. The highest BCUT2D eigenvalue weighted by Gasteiger charge is 2.29. The minimum atomic E-state index is 0.0141. The van der Waals surface area contributed by atoms with Gasteiger partial charge in [0.05, 0.1) is 6.10 Å². The van der Waals surface area contributed by atoms with Crippen LogP contribution in [-0.4, -0.2) is 43.0 Å². The van der Waals surface area contributed by atoms with Crippen LogP contribution in [0.5, 0.6) is 0 Å². The molecule has 1 aromatic carbocycles. The van der Waals surface area contributed by atoms with Crippen molar-refractivity contribution in [2.24, 2.45) is 5.92 Å². The molecule has 1 aliphatic rings. The maximum Gasteiger partial charge on any atom is 0.166 e. The van der Waals surface area contributed by atoms with Crippen LogP contribution < -0.4 is 0 Å². The third-order valence-corrected chi connectivity index (χ3v) is 3.97. The normalized spacial score (nSPS) is 24.6. The number of ketones is 1. The number of ether oxygens (including phenoxy) is 1. The predicted molar refractivity (Wildman–Crippen MR) is 76.4 cm³/mol. The van der Waals surface area contributed by atoms with E-state index in [1.54, 1.807) is 0 Å². The molecule has 1 fully saturated rings. The fraction of sp³-hybridized carbons (Fsp3) is 0.562. The average molecular weight is 261 g/mol. The molecule has 0 radical (unpaired) electrons. The molecule has 3 heteroatoms. The second-order valence-corrected chi connectivity index (χ2v) is 5.50. The molecule has 0 amide bonds. The molecule has 0 N–H and O–H groups in total. The van der Waals surface area contributed by atoms with E-state index < -0.39 is 0 Å². The Morgan fingerprint density at radius 3 is 2.68 bits per heavy atom. The number of carbonyl (C=O) groups is 1. The Balaban J connectivity index is 1.93. The first-order valence-electron chi connectivity index (χ1n) is 7.00. The molecule has 1 saturated heterocycles. The molecule has 0 bridgehead atoms. The highest BCUT2D eigenvalue weighted by atomic mass is 16.5. The van der Waals surface area contributed by atoms with Crippen molar-refractivity contribution in [3.8, 4) is 0 Å². The van der Waals surface area contributed by atoms with Crippen LogP contribution in [0.2, 0.25) is 0 Å². The van der Waals surface area contributed by atoms with E-state index in [2.05, 4.69) is 18.9 Å². The van der Waals surface area contributed by atoms with Gasteiger partial charge in [-0.3, -0.25) is 4.79 Å². The number of benzene rings is 1. The minimum Gasteiger partial charge on any atom is -0.377 e. The van der Waals surface area contributed by atoms with E-state index in [0.29, 0.717) is 6.04 Å². The molecule has 0 saturated carbocycles. The standard InChI is InChI=1S/C16H23NO2/c1-12(16(18)14-7-5-4-6-8-14)11-17(3)15-9-10-19-13(15)2/h4-8,12-13,15H,9-11H2,1-3H3. The van der Waals surface area contributed by atoms with Crippen molar-refractivity contribution in [2.45, 2.75) is 32.4 Å². The zero-order valence-corrected chi connectivity index (χ0v) is 12.0. The van der Waals surface area contributed by atoms with Crippen LogP contribution in [0.25, 0.3) is 0 Å². The summed E-state index contributed by atoms with van der Waals surface area (Å²) in [7, 11) is 2.09. The Morgan fingerprint density at radius 2 is 2.11 bits per heavy atom. The van der Waals surface area contributed by atoms with Gasteiger partial charge in [-0.05, 0) is 20.4 Å². The Kier molecular flexibility index (Phi) is 4.72. The number of carbonyl (C=O) groups excluding carboxylic acids is 1. The number of likely N-dealkylation sites (N-methyl/N-ethyl adjacent to an activating group) is 1. The van der Waals surface area contributed by atoms with Gasteiger partial charge in [-0.1, -0.05) is 37.3 Å². The fourth-order valence-electron chi connectivity index (χ4n) is 2.84. The Hall–Kier alpha value is -1.19. The van der Waals surface area contributed by atoms with Crippen molar-refractivity contribution in [3.63, 3.8) is 0 Å². The predicted octanol–water partition coefficient (Wildman–Crippen LogP) is 2.61. The average Bonchev–Trinajstić information content (AvgIpc) is 2.85. The van der Waals surface area contributed by atoms with Crippen LogP contribution in [-0.2, 0) is 4.74 Å². The van der Waals surface area contributed by atoms with Crippen LogP contribution in [0.3, 0.4) is 0 Å². The van der Waals surface area contributed by atoms with Gasteiger partial charge in [0, 0.05) is 30.7 Å². The first kappa shape index (κ1) is 14.2. The zero-order chi connectivity index (χ0) is 13.8. The van der Waals surface area contributed by atoms with Crippen molar-refractivity contribution in [1.29, 1.82) is 0 Å².